The fourth-order valence-electron chi connectivity index (χ4n) is 2.57. The third-order valence-corrected chi connectivity index (χ3v) is 3.91. The molecule has 0 aliphatic carbocycles. The quantitative estimate of drug-likeness (QED) is 0.763. The number of hydrogen-bond donors (Lipinski definition) is 2. The van der Waals surface area contributed by atoms with Gasteiger partial charge in [-0.1, -0.05) is 25.6 Å². The minimum absolute atomic E-state index is 0.121. The fourth-order valence-corrected chi connectivity index (χ4v) is 2.84. The minimum Gasteiger partial charge on any atom is -0.392 e. The van der Waals surface area contributed by atoms with E-state index in [-0.39, 0.29) is 11.6 Å². The van der Waals surface area contributed by atoms with Gasteiger partial charge in [-0.25, -0.2) is 4.98 Å². The summed E-state index contributed by atoms with van der Waals surface area (Å²) in [6.45, 7) is 5.58. The predicted molar refractivity (Wildman–Crippen MR) is 84.1 cm³/mol. The first-order valence-corrected chi connectivity index (χ1v) is 7.35. The summed E-state index contributed by atoms with van der Waals surface area (Å²) in [5.41, 5.74) is 5.72. The molecule has 6 nitrogen and oxygen atoms in total. The highest BCUT2D eigenvalue weighted by Gasteiger charge is 2.25. The highest BCUT2D eigenvalue weighted by molar-refractivity contribution is 7.80. The average Bonchev–Trinajstić information content (AvgIpc) is 2.45. The van der Waals surface area contributed by atoms with E-state index < -0.39 is 0 Å². The summed E-state index contributed by atoms with van der Waals surface area (Å²) in [6, 6.07) is 1.72. The molecule has 7 heteroatoms. The van der Waals surface area contributed by atoms with Crippen LogP contribution in [-0.4, -0.2) is 52.1 Å². The molecule has 0 spiro atoms. The van der Waals surface area contributed by atoms with Gasteiger partial charge in [0.15, 0.2) is 0 Å². The Bertz CT molecular complexity index is 509. The molecule has 2 heterocycles. The molecule has 110 valence electrons. The Labute approximate surface area is 124 Å². The smallest absolute Gasteiger partial charge is 0.252 e. The highest BCUT2D eigenvalue weighted by atomic mass is 32.1. The number of piperazine rings is 1. The number of hydrogen-bond acceptors (Lipinski definition) is 5. The van der Waals surface area contributed by atoms with Crippen molar-refractivity contribution in [1.82, 2.24) is 14.9 Å². The van der Waals surface area contributed by atoms with E-state index in [1.54, 1.807) is 0 Å². The van der Waals surface area contributed by atoms with Crippen LogP contribution in [0.5, 0.6) is 0 Å². The molecule has 1 aromatic rings. The van der Waals surface area contributed by atoms with E-state index in [4.69, 9.17) is 18.0 Å². The molecule has 0 aromatic carbocycles. The molecular weight excluding hydrogens is 274 g/mol. The first-order valence-electron chi connectivity index (χ1n) is 6.95. The molecule has 20 heavy (non-hydrogen) atoms. The molecule has 1 unspecified atom stereocenters. The molecule has 0 saturated carbocycles. The number of anilines is 1. The Balaban J connectivity index is 1.98. The summed E-state index contributed by atoms with van der Waals surface area (Å²) < 4.78 is 0. The van der Waals surface area contributed by atoms with Crippen molar-refractivity contribution in [2.45, 2.75) is 25.8 Å². The van der Waals surface area contributed by atoms with Crippen LogP contribution < -0.4 is 16.2 Å². The van der Waals surface area contributed by atoms with E-state index in [0.29, 0.717) is 4.99 Å². The first-order chi connectivity index (χ1) is 9.61. The van der Waals surface area contributed by atoms with Gasteiger partial charge in [-0.2, -0.15) is 0 Å². The maximum atomic E-state index is 11.3. The molecule has 1 atom stereocenters. The van der Waals surface area contributed by atoms with Gasteiger partial charge in [-0.05, 0) is 6.42 Å². The summed E-state index contributed by atoms with van der Waals surface area (Å²) in [4.78, 5) is 23.1. The lowest BCUT2D eigenvalue weighted by molar-refractivity contribution is 0.219. The summed E-state index contributed by atoms with van der Waals surface area (Å²) in [5, 5.41) is 0. The average molecular weight is 295 g/mol. The normalized spacial score (nSPS) is 17.9. The number of H-pyrrole nitrogens is 1. The molecule has 0 amide bonds. The summed E-state index contributed by atoms with van der Waals surface area (Å²) >= 11 is 5.17. The van der Waals surface area contributed by atoms with Crippen LogP contribution in [0.2, 0.25) is 0 Å². The van der Waals surface area contributed by atoms with Gasteiger partial charge in [0.1, 0.15) is 5.82 Å². The van der Waals surface area contributed by atoms with Gasteiger partial charge >= 0.3 is 0 Å². The maximum Gasteiger partial charge on any atom is 0.252 e. The molecule has 0 bridgehead atoms. The van der Waals surface area contributed by atoms with E-state index in [1.807, 2.05) is 0 Å². The molecule has 1 aliphatic heterocycles. The van der Waals surface area contributed by atoms with E-state index >= 15 is 0 Å². The lowest BCUT2D eigenvalue weighted by Gasteiger charge is -2.39. The number of thiocarbonyl (C=S) groups is 1. The third-order valence-electron chi connectivity index (χ3n) is 3.63. The van der Waals surface area contributed by atoms with E-state index in [1.165, 1.54) is 12.4 Å². The lowest BCUT2D eigenvalue weighted by atomic mass is 10.1. The van der Waals surface area contributed by atoms with Crippen molar-refractivity contribution in [2.24, 2.45) is 5.73 Å². The number of nitrogens with one attached hydrogen (secondary N) is 1. The number of rotatable bonds is 5. The zero-order valence-electron chi connectivity index (χ0n) is 11.7. The largest absolute Gasteiger partial charge is 0.392 e. The Morgan fingerprint density at radius 3 is 2.75 bits per heavy atom. The van der Waals surface area contributed by atoms with Gasteiger partial charge in [-0.15, -0.1) is 0 Å². The van der Waals surface area contributed by atoms with Crippen LogP contribution in [0.15, 0.2) is 17.2 Å². The van der Waals surface area contributed by atoms with Crippen LogP contribution in [0, 0.1) is 0 Å². The van der Waals surface area contributed by atoms with E-state index in [0.717, 1.165) is 44.8 Å². The van der Waals surface area contributed by atoms with Gasteiger partial charge in [0.05, 0.1) is 17.4 Å². The lowest BCUT2D eigenvalue weighted by Crippen LogP contribution is -2.54. The van der Waals surface area contributed by atoms with Crippen molar-refractivity contribution in [3.8, 4) is 0 Å². The second-order valence-electron chi connectivity index (χ2n) is 5.00. The van der Waals surface area contributed by atoms with Gasteiger partial charge in [0.25, 0.3) is 5.56 Å². The van der Waals surface area contributed by atoms with Crippen molar-refractivity contribution < 1.29 is 0 Å². The monoisotopic (exact) mass is 295 g/mol. The first kappa shape index (κ1) is 14.9. The molecule has 0 radical (unpaired) electrons. The second kappa shape index (κ2) is 6.81. The van der Waals surface area contributed by atoms with Crippen molar-refractivity contribution >= 4 is 23.0 Å². The van der Waals surface area contributed by atoms with Crippen LogP contribution in [0.25, 0.3) is 0 Å². The molecule has 2 rings (SSSR count). The van der Waals surface area contributed by atoms with Crippen LogP contribution in [-0.2, 0) is 0 Å². The number of aromatic nitrogens is 2. The molecular formula is C13H21N5OS. The molecule has 1 aromatic heterocycles. The van der Waals surface area contributed by atoms with Crippen molar-refractivity contribution in [3.63, 3.8) is 0 Å². The van der Waals surface area contributed by atoms with Crippen molar-refractivity contribution in [2.75, 3.05) is 31.1 Å². The molecule has 1 aliphatic rings. The highest BCUT2D eigenvalue weighted by Crippen LogP contribution is 2.15. The van der Waals surface area contributed by atoms with Gasteiger partial charge < -0.3 is 15.6 Å². The Morgan fingerprint density at radius 1 is 1.50 bits per heavy atom. The third kappa shape index (κ3) is 3.55. The Morgan fingerprint density at radius 2 is 2.20 bits per heavy atom. The summed E-state index contributed by atoms with van der Waals surface area (Å²) in [5.74, 6) is 0.732. The summed E-state index contributed by atoms with van der Waals surface area (Å²) in [6.07, 6.45) is 3.51. The fraction of sp³-hybridized carbons (Fsp3) is 0.615. The van der Waals surface area contributed by atoms with Crippen LogP contribution in [0.1, 0.15) is 19.8 Å². The van der Waals surface area contributed by atoms with Crippen LogP contribution in [0.4, 0.5) is 5.82 Å². The van der Waals surface area contributed by atoms with E-state index in [2.05, 4.69) is 26.7 Å². The standard InChI is InChI=1S/C13H21N5OS/c1-2-3-10(13(14)20)17-4-6-18(7-5-17)11-8-12(19)16-9-15-11/h8-10H,2-7H2,1H3,(H2,14,20)(H,15,16,19). The predicted octanol–water partition coefficient (Wildman–Crippen LogP) is 0.347. The van der Waals surface area contributed by atoms with Crippen molar-refractivity contribution in [1.29, 1.82) is 0 Å². The topological polar surface area (TPSA) is 78.2 Å². The van der Waals surface area contributed by atoms with Crippen LogP contribution >= 0.6 is 12.2 Å². The van der Waals surface area contributed by atoms with Gasteiger partial charge in [-0.3, -0.25) is 9.69 Å². The second-order valence-corrected chi connectivity index (χ2v) is 5.47. The van der Waals surface area contributed by atoms with Crippen molar-refractivity contribution in [3.05, 3.63) is 22.7 Å². The van der Waals surface area contributed by atoms with Gasteiger partial charge in [0.2, 0.25) is 0 Å². The van der Waals surface area contributed by atoms with Crippen LogP contribution in [0.3, 0.4) is 0 Å². The zero-order valence-corrected chi connectivity index (χ0v) is 12.5. The van der Waals surface area contributed by atoms with Gasteiger partial charge in [0, 0.05) is 32.2 Å². The number of nitrogens with two attached hydrogens (primary N) is 1. The number of nitrogens with zero attached hydrogens (tertiary/aromatic N) is 3. The maximum absolute atomic E-state index is 11.3. The SMILES string of the molecule is CCCC(C(N)=S)N1CCN(c2cc(=O)[nH]cn2)CC1. The minimum atomic E-state index is -0.121. The molecule has 3 N–H and O–H groups in total. The Hall–Kier alpha value is -1.47. The summed E-state index contributed by atoms with van der Waals surface area (Å²) in [7, 11) is 0. The number of aromatic amines is 1. The Kier molecular flexibility index (Phi) is 5.08. The molecule has 1 saturated heterocycles. The van der Waals surface area contributed by atoms with E-state index in [9.17, 15) is 4.79 Å². The zero-order chi connectivity index (χ0) is 14.5. The molecule has 1 fully saturated rings.